The molecule has 0 aliphatic carbocycles. The summed E-state index contributed by atoms with van der Waals surface area (Å²) in [7, 11) is 1.40. The second kappa shape index (κ2) is 8.91. The first kappa shape index (κ1) is 15.0. The molecule has 1 aliphatic heterocycles. The number of hydrogen-bond acceptors (Lipinski definition) is 4. The van der Waals surface area contributed by atoms with E-state index in [0.29, 0.717) is 19.6 Å². The summed E-state index contributed by atoms with van der Waals surface area (Å²) in [6.07, 6.45) is 5.76. The van der Waals surface area contributed by atoms with E-state index in [0.717, 1.165) is 38.5 Å². The summed E-state index contributed by atoms with van der Waals surface area (Å²) in [6, 6.07) is 0. The fraction of sp³-hybridized carbons (Fsp3) is 0.846. The van der Waals surface area contributed by atoms with Crippen LogP contribution in [0.15, 0.2) is 0 Å². The van der Waals surface area contributed by atoms with Crippen molar-refractivity contribution in [3.05, 3.63) is 0 Å². The minimum absolute atomic E-state index is 0.00247. The molecule has 0 aromatic heterocycles. The quantitative estimate of drug-likeness (QED) is 0.553. The summed E-state index contributed by atoms with van der Waals surface area (Å²) in [5, 5.41) is 2.87. The van der Waals surface area contributed by atoms with E-state index in [1.165, 1.54) is 7.11 Å². The van der Waals surface area contributed by atoms with Crippen LogP contribution in [0.3, 0.4) is 0 Å². The van der Waals surface area contributed by atoms with Crippen LogP contribution in [0.25, 0.3) is 0 Å². The van der Waals surface area contributed by atoms with Crippen molar-refractivity contribution in [2.24, 2.45) is 0 Å². The Balaban J connectivity index is 1.96. The number of amides is 1. The van der Waals surface area contributed by atoms with Gasteiger partial charge in [0.25, 0.3) is 0 Å². The third-order valence-electron chi connectivity index (χ3n) is 3.06. The monoisotopic (exact) mass is 257 g/mol. The number of esters is 1. The van der Waals surface area contributed by atoms with Crippen molar-refractivity contribution >= 4 is 11.9 Å². The highest BCUT2D eigenvalue weighted by atomic mass is 16.5. The van der Waals surface area contributed by atoms with Crippen LogP contribution in [0.1, 0.15) is 44.9 Å². The van der Waals surface area contributed by atoms with Crippen LogP contribution in [0.2, 0.25) is 0 Å². The molecule has 1 unspecified atom stereocenters. The van der Waals surface area contributed by atoms with Gasteiger partial charge in [-0.05, 0) is 32.1 Å². The number of ether oxygens (including phenoxy) is 2. The number of nitrogens with one attached hydrogen (secondary N) is 1. The number of carbonyl (C=O) groups excluding carboxylic acids is 2. The molecule has 1 amide bonds. The fourth-order valence-corrected chi connectivity index (χ4v) is 1.95. The van der Waals surface area contributed by atoms with E-state index in [9.17, 15) is 9.59 Å². The Hall–Kier alpha value is -1.10. The minimum atomic E-state index is -0.256. The van der Waals surface area contributed by atoms with Crippen LogP contribution in [0, 0.1) is 0 Å². The predicted octanol–water partition coefficient (Wildman–Crippen LogP) is 1.41. The molecule has 18 heavy (non-hydrogen) atoms. The average molecular weight is 257 g/mol. The Kier molecular flexibility index (Phi) is 7.41. The van der Waals surface area contributed by atoms with Crippen molar-refractivity contribution in [3.8, 4) is 0 Å². The van der Waals surface area contributed by atoms with Gasteiger partial charge in [0.2, 0.25) is 5.91 Å². The number of hydrogen-bond donors (Lipinski definition) is 1. The third-order valence-corrected chi connectivity index (χ3v) is 3.06. The number of rotatable bonds is 7. The second-order valence-electron chi connectivity index (χ2n) is 4.53. The van der Waals surface area contributed by atoms with E-state index in [-0.39, 0.29) is 18.0 Å². The van der Waals surface area contributed by atoms with Crippen molar-refractivity contribution in [1.29, 1.82) is 0 Å². The lowest BCUT2D eigenvalue weighted by atomic mass is 10.1. The van der Waals surface area contributed by atoms with Gasteiger partial charge in [-0.1, -0.05) is 6.42 Å². The molecule has 0 spiro atoms. The molecule has 0 aromatic carbocycles. The Morgan fingerprint density at radius 3 is 2.78 bits per heavy atom. The first-order valence-corrected chi connectivity index (χ1v) is 6.70. The predicted molar refractivity (Wildman–Crippen MR) is 67.1 cm³/mol. The molecule has 104 valence electrons. The highest BCUT2D eigenvalue weighted by molar-refractivity contribution is 5.80. The zero-order valence-corrected chi connectivity index (χ0v) is 11.1. The van der Waals surface area contributed by atoms with E-state index in [2.05, 4.69) is 10.1 Å². The summed E-state index contributed by atoms with van der Waals surface area (Å²) in [6.45, 7) is 1.34. The Bertz CT molecular complexity index is 262. The van der Waals surface area contributed by atoms with Crippen LogP contribution >= 0.6 is 0 Å². The third kappa shape index (κ3) is 6.00. The van der Waals surface area contributed by atoms with E-state index < -0.39 is 0 Å². The van der Waals surface area contributed by atoms with Crippen LogP contribution in [-0.4, -0.2) is 38.2 Å². The maximum atomic E-state index is 11.7. The van der Waals surface area contributed by atoms with Gasteiger partial charge in [-0.3, -0.25) is 9.59 Å². The Morgan fingerprint density at radius 2 is 2.11 bits per heavy atom. The second-order valence-corrected chi connectivity index (χ2v) is 4.53. The molecular formula is C13H23NO4. The van der Waals surface area contributed by atoms with E-state index in [1.54, 1.807) is 0 Å². The van der Waals surface area contributed by atoms with Crippen LogP contribution in [0.4, 0.5) is 0 Å². The van der Waals surface area contributed by atoms with Crippen LogP contribution in [0.5, 0.6) is 0 Å². The summed E-state index contributed by atoms with van der Waals surface area (Å²) in [4.78, 5) is 22.5. The van der Waals surface area contributed by atoms with E-state index in [1.807, 2.05) is 0 Å². The van der Waals surface area contributed by atoms with Gasteiger partial charge in [0.1, 0.15) is 6.10 Å². The normalized spacial score (nSPS) is 19.3. The molecule has 1 rings (SSSR count). The molecular weight excluding hydrogens is 234 g/mol. The van der Waals surface area contributed by atoms with Crippen molar-refractivity contribution < 1.29 is 19.1 Å². The van der Waals surface area contributed by atoms with E-state index >= 15 is 0 Å². The Morgan fingerprint density at radius 1 is 1.28 bits per heavy atom. The maximum absolute atomic E-state index is 11.7. The van der Waals surface area contributed by atoms with Gasteiger partial charge in [0.15, 0.2) is 0 Å². The molecule has 1 heterocycles. The Labute approximate surface area is 108 Å². The average Bonchev–Trinajstić information content (AvgIpc) is 2.43. The highest BCUT2D eigenvalue weighted by Crippen LogP contribution is 2.12. The van der Waals surface area contributed by atoms with Gasteiger partial charge in [0, 0.05) is 19.6 Å². The lowest BCUT2D eigenvalue weighted by molar-refractivity contribution is -0.140. The largest absolute Gasteiger partial charge is 0.469 e. The topological polar surface area (TPSA) is 64.6 Å². The molecule has 1 N–H and O–H groups in total. The summed E-state index contributed by atoms with van der Waals surface area (Å²) in [5.74, 6) is -0.169. The van der Waals surface area contributed by atoms with Gasteiger partial charge in [0.05, 0.1) is 7.11 Å². The highest BCUT2D eigenvalue weighted by Gasteiger charge is 2.20. The molecule has 1 fully saturated rings. The molecule has 5 nitrogen and oxygen atoms in total. The van der Waals surface area contributed by atoms with Gasteiger partial charge in [-0.2, -0.15) is 0 Å². The molecule has 1 aliphatic rings. The molecule has 1 atom stereocenters. The number of methoxy groups -OCH3 is 1. The molecule has 0 radical (unpaired) electrons. The number of carbonyl (C=O) groups is 2. The maximum Gasteiger partial charge on any atom is 0.305 e. The van der Waals surface area contributed by atoms with Gasteiger partial charge >= 0.3 is 5.97 Å². The summed E-state index contributed by atoms with van der Waals surface area (Å²) < 4.78 is 9.94. The molecule has 0 bridgehead atoms. The number of unbranched alkanes of at least 4 members (excludes halogenated alkanes) is 2. The van der Waals surface area contributed by atoms with Crippen molar-refractivity contribution in [1.82, 2.24) is 5.32 Å². The van der Waals surface area contributed by atoms with E-state index in [4.69, 9.17) is 4.74 Å². The molecule has 0 saturated carbocycles. The van der Waals surface area contributed by atoms with Crippen molar-refractivity contribution in [2.75, 3.05) is 20.3 Å². The summed E-state index contributed by atoms with van der Waals surface area (Å²) in [5.41, 5.74) is 0. The van der Waals surface area contributed by atoms with Crippen molar-refractivity contribution in [3.63, 3.8) is 0 Å². The molecule has 0 aromatic rings. The SMILES string of the molecule is COC(=O)CCCCCNC(=O)C1CCCCO1. The molecule has 5 heteroatoms. The first-order valence-electron chi connectivity index (χ1n) is 6.70. The van der Waals surface area contributed by atoms with Gasteiger partial charge in [-0.15, -0.1) is 0 Å². The van der Waals surface area contributed by atoms with Gasteiger partial charge in [-0.25, -0.2) is 0 Å². The van der Waals surface area contributed by atoms with Crippen molar-refractivity contribution in [2.45, 2.75) is 51.0 Å². The fourth-order valence-electron chi connectivity index (χ4n) is 1.95. The first-order chi connectivity index (χ1) is 8.74. The smallest absolute Gasteiger partial charge is 0.305 e. The zero-order valence-electron chi connectivity index (χ0n) is 11.1. The van der Waals surface area contributed by atoms with Crippen LogP contribution in [-0.2, 0) is 19.1 Å². The lowest BCUT2D eigenvalue weighted by Crippen LogP contribution is -2.38. The summed E-state index contributed by atoms with van der Waals surface area (Å²) >= 11 is 0. The zero-order chi connectivity index (χ0) is 13.2. The molecule has 1 saturated heterocycles. The van der Waals surface area contributed by atoms with Crippen LogP contribution < -0.4 is 5.32 Å². The standard InChI is InChI=1S/C13H23NO4/c1-17-12(15)8-3-2-5-9-14-13(16)11-7-4-6-10-18-11/h11H,2-10H2,1H3,(H,14,16). The van der Waals surface area contributed by atoms with Gasteiger partial charge < -0.3 is 14.8 Å². The lowest BCUT2D eigenvalue weighted by Gasteiger charge is -2.21. The minimum Gasteiger partial charge on any atom is -0.469 e.